The highest BCUT2D eigenvalue weighted by Gasteiger charge is 2.22. The van der Waals surface area contributed by atoms with Gasteiger partial charge in [0, 0.05) is 39.3 Å². The molecule has 62 heavy (non-hydrogen) atoms. The van der Waals surface area contributed by atoms with Gasteiger partial charge in [0.1, 0.15) is 11.2 Å². The van der Waals surface area contributed by atoms with Gasteiger partial charge in [-0.25, -0.2) is 0 Å². The third-order valence-corrected chi connectivity index (χ3v) is 12.7. The Bertz CT molecular complexity index is 3390. The number of hydrogen-bond donors (Lipinski definition) is 0. The Morgan fingerprint density at radius 2 is 1.10 bits per heavy atom. The van der Waals surface area contributed by atoms with Crippen molar-refractivity contribution in [1.29, 1.82) is 0 Å². The predicted molar refractivity (Wildman–Crippen MR) is 254 cm³/mol. The standard InChI is InChI=1S/C58H40N2O2/c1-2-10-44(11-3-1)57-59-60-58(62-57)45-26-24-43(25-27-45)52-35-51(42-20-18-40(19-21-42)49-29-23-38-9-5-7-13-47(38)33-49)36-54-53-34-50(30-31-55(53)61-56(52)54)41-16-14-39(15-17-41)48-28-22-37-8-4-6-12-46(37)32-48/h1-14,16-21,23-37,39H,15,22H2. The molecule has 0 spiro atoms. The van der Waals surface area contributed by atoms with Gasteiger partial charge in [0.05, 0.1) is 0 Å². The second-order valence-corrected chi connectivity index (χ2v) is 16.5. The fourth-order valence-corrected chi connectivity index (χ4v) is 9.32. The van der Waals surface area contributed by atoms with Crippen molar-refractivity contribution < 1.29 is 8.83 Å². The molecule has 0 saturated heterocycles. The number of fused-ring (bicyclic) bond motifs is 5. The summed E-state index contributed by atoms with van der Waals surface area (Å²) < 4.78 is 12.9. The first kappa shape index (κ1) is 36.1. The van der Waals surface area contributed by atoms with E-state index in [9.17, 15) is 0 Å². The molecule has 7 aromatic carbocycles. The number of benzene rings is 7. The van der Waals surface area contributed by atoms with Crippen LogP contribution < -0.4 is 0 Å². The van der Waals surface area contributed by atoms with Crippen molar-refractivity contribution in [3.05, 3.63) is 223 Å². The smallest absolute Gasteiger partial charge is 0.248 e. The molecular weight excluding hydrogens is 757 g/mol. The van der Waals surface area contributed by atoms with E-state index < -0.39 is 0 Å². The molecule has 0 N–H and O–H groups in total. The molecule has 2 aromatic heterocycles. The van der Waals surface area contributed by atoms with E-state index in [1.165, 1.54) is 44.2 Å². The third kappa shape index (κ3) is 6.57. The van der Waals surface area contributed by atoms with Crippen LogP contribution in [0.15, 0.2) is 226 Å². The van der Waals surface area contributed by atoms with Crippen molar-refractivity contribution in [2.24, 2.45) is 11.8 Å². The first-order chi connectivity index (χ1) is 30.7. The van der Waals surface area contributed by atoms with Gasteiger partial charge in [-0.3, -0.25) is 0 Å². The first-order valence-electron chi connectivity index (χ1n) is 21.4. The number of aromatic nitrogens is 2. The number of rotatable bonds is 7. The topological polar surface area (TPSA) is 52.1 Å². The van der Waals surface area contributed by atoms with Crippen molar-refractivity contribution in [3.63, 3.8) is 0 Å². The molecule has 4 nitrogen and oxygen atoms in total. The van der Waals surface area contributed by atoms with E-state index in [-0.39, 0.29) is 0 Å². The summed E-state index contributed by atoms with van der Waals surface area (Å²) in [5.74, 6) is 1.88. The summed E-state index contributed by atoms with van der Waals surface area (Å²) in [6.07, 6.45) is 22.9. The van der Waals surface area contributed by atoms with Crippen LogP contribution >= 0.6 is 0 Å². The average Bonchev–Trinajstić information content (AvgIpc) is 4.00. The zero-order valence-electron chi connectivity index (χ0n) is 33.9. The van der Waals surface area contributed by atoms with Crippen LogP contribution in [-0.2, 0) is 0 Å². The van der Waals surface area contributed by atoms with Crippen LogP contribution in [0.5, 0.6) is 0 Å². The molecule has 4 heteroatoms. The second kappa shape index (κ2) is 15.0. The van der Waals surface area contributed by atoms with Gasteiger partial charge in [-0.15, -0.1) is 10.2 Å². The normalized spacial score (nSPS) is 17.0. The molecule has 3 aliphatic carbocycles. The second-order valence-electron chi connectivity index (χ2n) is 16.5. The lowest BCUT2D eigenvalue weighted by atomic mass is 9.80. The quantitative estimate of drug-likeness (QED) is 0.161. The molecule has 0 bridgehead atoms. The molecule has 3 aliphatic rings. The molecule has 0 radical (unpaired) electrons. The summed E-state index contributed by atoms with van der Waals surface area (Å²) in [7, 11) is 0. The molecule has 2 heterocycles. The van der Waals surface area contributed by atoms with Gasteiger partial charge in [0.25, 0.3) is 0 Å². The van der Waals surface area contributed by atoms with Crippen molar-refractivity contribution in [2.45, 2.75) is 12.8 Å². The summed E-state index contributed by atoms with van der Waals surface area (Å²) in [5, 5.41) is 13.4. The molecule has 2 atom stereocenters. The highest BCUT2D eigenvalue weighted by atomic mass is 16.4. The lowest BCUT2D eigenvalue weighted by molar-refractivity contribution is 0.584. The highest BCUT2D eigenvalue weighted by molar-refractivity contribution is 6.12. The maximum absolute atomic E-state index is 6.79. The van der Waals surface area contributed by atoms with Gasteiger partial charge in [-0.2, -0.15) is 0 Å². The lowest BCUT2D eigenvalue weighted by Crippen LogP contribution is -2.10. The van der Waals surface area contributed by atoms with Crippen molar-refractivity contribution in [2.75, 3.05) is 0 Å². The minimum Gasteiger partial charge on any atom is -0.455 e. The number of allylic oxidation sites excluding steroid dienone is 12. The highest BCUT2D eigenvalue weighted by Crippen LogP contribution is 2.42. The summed E-state index contributed by atoms with van der Waals surface area (Å²) in [6, 6.07) is 53.5. The number of furan rings is 1. The van der Waals surface area contributed by atoms with E-state index in [0.29, 0.717) is 23.6 Å². The maximum Gasteiger partial charge on any atom is 0.248 e. The fraction of sp³-hybridized carbons (Fsp3) is 0.0690. The Hall–Kier alpha value is -7.82. The van der Waals surface area contributed by atoms with Crippen LogP contribution in [-0.4, -0.2) is 10.2 Å². The molecule has 0 amide bonds. The SMILES string of the molecule is C1=CC2=CC(C3C=CC(c4ccc5oc6c(-c7ccc(-c8nnc(-c9ccccc9)o8)cc7)cc(-c7ccc(-c8ccc9ccccc9c8)cc7)cc6c5c4)=CC3)=CCC2C=C1. The minimum atomic E-state index is 0.389. The summed E-state index contributed by atoms with van der Waals surface area (Å²) in [4.78, 5) is 0. The number of hydrogen-bond acceptors (Lipinski definition) is 4. The van der Waals surface area contributed by atoms with Gasteiger partial charge >= 0.3 is 0 Å². The molecule has 9 aromatic rings. The van der Waals surface area contributed by atoms with Crippen LogP contribution in [0.3, 0.4) is 0 Å². The largest absolute Gasteiger partial charge is 0.455 e. The third-order valence-electron chi connectivity index (χ3n) is 12.7. The van der Waals surface area contributed by atoms with E-state index in [0.717, 1.165) is 68.2 Å². The van der Waals surface area contributed by atoms with E-state index >= 15 is 0 Å². The molecule has 0 aliphatic heterocycles. The monoisotopic (exact) mass is 796 g/mol. The van der Waals surface area contributed by atoms with Gasteiger partial charge in [-0.05, 0) is 128 Å². The van der Waals surface area contributed by atoms with Crippen molar-refractivity contribution in [3.8, 4) is 56.3 Å². The van der Waals surface area contributed by atoms with Crippen LogP contribution in [0.1, 0.15) is 18.4 Å². The predicted octanol–water partition coefficient (Wildman–Crippen LogP) is 15.4. The van der Waals surface area contributed by atoms with E-state index in [1.807, 2.05) is 42.5 Å². The molecular formula is C58H40N2O2. The van der Waals surface area contributed by atoms with Crippen LogP contribution in [0, 0.1) is 11.8 Å². The van der Waals surface area contributed by atoms with E-state index in [1.54, 1.807) is 0 Å². The molecule has 0 fully saturated rings. The Kier molecular flexibility index (Phi) is 8.74. The fourth-order valence-electron chi connectivity index (χ4n) is 9.32. The van der Waals surface area contributed by atoms with Gasteiger partial charge in [0.15, 0.2) is 0 Å². The van der Waals surface area contributed by atoms with Crippen LogP contribution in [0.2, 0.25) is 0 Å². The van der Waals surface area contributed by atoms with Crippen molar-refractivity contribution >= 4 is 38.3 Å². The summed E-state index contributed by atoms with van der Waals surface area (Å²) >= 11 is 0. The number of nitrogens with zero attached hydrogens (tertiary/aromatic N) is 2. The van der Waals surface area contributed by atoms with Gasteiger partial charge < -0.3 is 8.83 Å². The van der Waals surface area contributed by atoms with Crippen LogP contribution in [0.25, 0.3) is 94.6 Å². The Morgan fingerprint density at radius 3 is 1.90 bits per heavy atom. The van der Waals surface area contributed by atoms with E-state index in [2.05, 4.69) is 174 Å². The molecule has 294 valence electrons. The Morgan fingerprint density at radius 1 is 0.435 bits per heavy atom. The maximum atomic E-state index is 6.79. The van der Waals surface area contributed by atoms with Gasteiger partial charge in [0.2, 0.25) is 11.8 Å². The van der Waals surface area contributed by atoms with Gasteiger partial charge in [-0.1, -0.05) is 152 Å². The summed E-state index contributed by atoms with van der Waals surface area (Å²) in [5.41, 5.74) is 15.5. The van der Waals surface area contributed by atoms with E-state index in [4.69, 9.17) is 8.83 Å². The zero-order valence-corrected chi connectivity index (χ0v) is 33.9. The average molecular weight is 797 g/mol. The zero-order chi connectivity index (χ0) is 41.0. The minimum absolute atomic E-state index is 0.389. The van der Waals surface area contributed by atoms with Crippen LogP contribution in [0.4, 0.5) is 0 Å². The molecule has 2 unspecified atom stereocenters. The molecule has 12 rings (SSSR count). The van der Waals surface area contributed by atoms with Crippen molar-refractivity contribution in [1.82, 2.24) is 10.2 Å². The Labute approximate surface area is 359 Å². The first-order valence-corrected chi connectivity index (χ1v) is 21.4. The molecule has 0 saturated carbocycles. The lowest BCUT2D eigenvalue weighted by Gasteiger charge is -2.25. The Balaban J connectivity index is 0.912. The summed E-state index contributed by atoms with van der Waals surface area (Å²) in [6.45, 7) is 0.